The number of benzene rings is 2. The highest BCUT2D eigenvalue weighted by atomic mass is 35.5. The molecule has 0 saturated heterocycles. The normalized spacial score (nSPS) is 10.6. The Morgan fingerprint density at radius 3 is 2.41 bits per heavy atom. The molecule has 0 aliphatic rings. The summed E-state index contributed by atoms with van der Waals surface area (Å²) in [6.07, 6.45) is 0.267. The maximum atomic E-state index is 12.1. The number of amides is 2. The number of carbonyl (C=O) groups excluding carboxylic acids is 2. The summed E-state index contributed by atoms with van der Waals surface area (Å²) >= 11 is 5.85. The molecule has 0 aliphatic carbocycles. The fraction of sp³-hybridized carbons (Fsp3) is 0.333. The largest absolute Gasteiger partial charge is 0.489 e. The highest BCUT2D eigenvalue weighted by Crippen LogP contribution is 2.28. The van der Waals surface area contributed by atoms with E-state index in [4.69, 9.17) is 16.3 Å². The van der Waals surface area contributed by atoms with Crippen molar-refractivity contribution in [3.63, 3.8) is 0 Å². The lowest BCUT2D eigenvalue weighted by Gasteiger charge is -2.24. The zero-order valence-electron chi connectivity index (χ0n) is 15.9. The molecule has 1 N–H and O–H groups in total. The van der Waals surface area contributed by atoms with Crippen LogP contribution in [0.5, 0.6) is 5.75 Å². The fourth-order valence-corrected chi connectivity index (χ4v) is 2.76. The van der Waals surface area contributed by atoms with Crippen molar-refractivity contribution in [1.82, 2.24) is 5.32 Å². The predicted octanol–water partition coefficient (Wildman–Crippen LogP) is 3.84. The lowest BCUT2D eigenvalue weighted by molar-refractivity contribution is -0.121. The first-order chi connectivity index (χ1) is 12.9. The number of halogens is 1. The van der Waals surface area contributed by atoms with Crippen molar-refractivity contribution in [3.8, 4) is 5.75 Å². The van der Waals surface area contributed by atoms with Gasteiger partial charge in [-0.3, -0.25) is 9.59 Å². The topological polar surface area (TPSA) is 58.6 Å². The number of ether oxygens (including phenoxy) is 1. The van der Waals surface area contributed by atoms with Crippen LogP contribution in [0.4, 0.5) is 5.69 Å². The van der Waals surface area contributed by atoms with Gasteiger partial charge in [-0.1, -0.05) is 35.9 Å². The summed E-state index contributed by atoms with van der Waals surface area (Å²) in [5.41, 5.74) is 1.58. The Labute approximate surface area is 165 Å². The van der Waals surface area contributed by atoms with Crippen LogP contribution in [-0.2, 0) is 16.0 Å². The first-order valence-electron chi connectivity index (χ1n) is 8.91. The van der Waals surface area contributed by atoms with Gasteiger partial charge in [-0.25, -0.2) is 0 Å². The Kier molecular flexibility index (Phi) is 7.67. The molecule has 2 amide bonds. The molecule has 0 aromatic heterocycles. The lowest BCUT2D eigenvalue weighted by Crippen LogP contribution is -2.38. The van der Waals surface area contributed by atoms with Gasteiger partial charge in [-0.15, -0.1) is 0 Å². The predicted molar refractivity (Wildman–Crippen MR) is 108 cm³/mol. The smallest absolute Gasteiger partial charge is 0.224 e. The number of rotatable bonds is 8. The van der Waals surface area contributed by atoms with Crippen molar-refractivity contribution in [2.75, 3.05) is 18.0 Å². The van der Waals surface area contributed by atoms with E-state index in [-0.39, 0.29) is 24.3 Å². The van der Waals surface area contributed by atoms with Crippen molar-refractivity contribution in [2.24, 2.45) is 0 Å². The Morgan fingerprint density at radius 1 is 1.11 bits per heavy atom. The molecule has 2 rings (SSSR count). The fourth-order valence-electron chi connectivity index (χ4n) is 2.64. The van der Waals surface area contributed by atoms with Crippen molar-refractivity contribution in [3.05, 3.63) is 59.1 Å². The Bertz CT molecular complexity index is 775. The van der Waals surface area contributed by atoms with E-state index in [9.17, 15) is 9.59 Å². The summed E-state index contributed by atoms with van der Waals surface area (Å²) in [5.74, 6) is 0.435. The van der Waals surface area contributed by atoms with Crippen LogP contribution < -0.4 is 15.0 Å². The van der Waals surface area contributed by atoms with Crippen LogP contribution in [0.2, 0.25) is 5.02 Å². The maximum absolute atomic E-state index is 12.1. The van der Waals surface area contributed by atoms with Gasteiger partial charge in [0.2, 0.25) is 11.8 Å². The molecule has 27 heavy (non-hydrogen) atoms. The number of hydrogen-bond acceptors (Lipinski definition) is 3. The van der Waals surface area contributed by atoms with Crippen molar-refractivity contribution < 1.29 is 14.3 Å². The average Bonchev–Trinajstić information content (AvgIpc) is 2.61. The van der Waals surface area contributed by atoms with Crippen LogP contribution in [-0.4, -0.2) is 31.0 Å². The average molecular weight is 389 g/mol. The molecule has 0 spiro atoms. The molecule has 0 heterocycles. The lowest BCUT2D eigenvalue weighted by atomic mass is 10.1. The second-order valence-electron chi connectivity index (χ2n) is 6.46. The van der Waals surface area contributed by atoms with Gasteiger partial charge in [0, 0.05) is 25.0 Å². The minimum absolute atomic E-state index is 0.000892. The summed E-state index contributed by atoms with van der Waals surface area (Å²) < 4.78 is 5.80. The minimum atomic E-state index is -0.109. The quantitative estimate of drug-likeness (QED) is 0.747. The standard InChI is InChI=1S/C21H25ClN2O3/c1-15(2)27-20-7-5-4-6-19(20)24(16(3)25)13-12-23-21(26)14-17-8-10-18(22)11-9-17/h4-11,15H,12-14H2,1-3H3,(H,23,26). The van der Waals surface area contributed by atoms with Crippen LogP contribution in [0.3, 0.4) is 0 Å². The highest BCUT2D eigenvalue weighted by molar-refractivity contribution is 6.30. The zero-order chi connectivity index (χ0) is 19.8. The third kappa shape index (κ3) is 6.61. The number of anilines is 1. The molecule has 0 bridgehead atoms. The second kappa shape index (κ2) is 9.97. The number of carbonyl (C=O) groups is 2. The molecule has 0 atom stereocenters. The van der Waals surface area contributed by atoms with Crippen LogP contribution in [0.1, 0.15) is 26.3 Å². The summed E-state index contributed by atoms with van der Waals surface area (Å²) in [6.45, 7) is 6.08. The van der Waals surface area contributed by atoms with Gasteiger partial charge in [-0.05, 0) is 43.7 Å². The number of para-hydroxylation sites is 2. The summed E-state index contributed by atoms with van der Waals surface area (Å²) in [6, 6.07) is 14.6. The molecule has 6 heteroatoms. The highest BCUT2D eigenvalue weighted by Gasteiger charge is 2.17. The van der Waals surface area contributed by atoms with Gasteiger partial charge in [0.15, 0.2) is 0 Å². The van der Waals surface area contributed by atoms with Crippen LogP contribution in [0.15, 0.2) is 48.5 Å². The minimum Gasteiger partial charge on any atom is -0.489 e. The van der Waals surface area contributed by atoms with Gasteiger partial charge in [0.05, 0.1) is 18.2 Å². The third-order valence-electron chi connectivity index (χ3n) is 3.83. The SMILES string of the molecule is CC(=O)N(CCNC(=O)Cc1ccc(Cl)cc1)c1ccccc1OC(C)C. The Balaban J connectivity index is 1.96. The molecule has 0 aliphatic heterocycles. The first kappa shape index (κ1) is 20.8. The van der Waals surface area contributed by atoms with E-state index in [1.54, 1.807) is 17.0 Å². The van der Waals surface area contributed by atoms with E-state index in [0.29, 0.717) is 29.5 Å². The summed E-state index contributed by atoms with van der Waals surface area (Å²) in [4.78, 5) is 25.9. The zero-order valence-corrected chi connectivity index (χ0v) is 16.6. The molecular weight excluding hydrogens is 364 g/mol. The molecule has 2 aromatic rings. The second-order valence-corrected chi connectivity index (χ2v) is 6.89. The van der Waals surface area contributed by atoms with Crippen LogP contribution in [0, 0.1) is 0 Å². The molecule has 2 aromatic carbocycles. The number of nitrogens with one attached hydrogen (secondary N) is 1. The third-order valence-corrected chi connectivity index (χ3v) is 4.09. The van der Waals surface area contributed by atoms with E-state index in [1.807, 2.05) is 50.2 Å². The molecule has 0 radical (unpaired) electrons. The molecular formula is C21H25ClN2O3. The van der Waals surface area contributed by atoms with E-state index in [1.165, 1.54) is 6.92 Å². The van der Waals surface area contributed by atoms with E-state index in [2.05, 4.69) is 5.32 Å². The van der Waals surface area contributed by atoms with Gasteiger partial charge in [0.1, 0.15) is 5.75 Å². The first-order valence-corrected chi connectivity index (χ1v) is 9.29. The van der Waals surface area contributed by atoms with Gasteiger partial charge < -0.3 is 15.0 Å². The van der Waals surface area contributed by atoms with Crippen molar-refractivity contribution in [2.45, 2.75) is 33.3 Å². The van der Waals surface area contributed by atoms with Crippen molar-refractivity contribution >= 4 is 29.1 Å². The Hall–Kier alpha value is -2.53. The molecule has 0 saturated carbocycles. The number of nitrogens with zero attached hydrogens (tertiary/aromatic N) is 1. The molecule has 0 fully saturated rings. The van der Waals surface area contributed by atoms with E-state index in [0.717, 1.165) is 5.56 Å². The molecule has 144 valence electrons. The van der Waals surface area contributed by atoms with E-state index >= 15 is 0 Å². The Morgan fingerprint density at radius 2 is 1.78 bits per heavy atom. The van der Waals surface area contributed by atoms with Crippen LogP contribution in [0.25, 0.3) is 0 Å². The summed E-state index contributed by atoms with van der Waals surface area (Å²) in [7, 11) is 0. The summed E-state index contributed by atoms with van der Waals surface area (Å²) in [5, 5.41) is 3.49. The van der Waals surface area contributed by atoms with E-state index < -0.39 is 0 Å². The molecule has 0 unspecified atom stereocenters. The van der Waals surface area contributed by atoms with Gasteiger partial charge in [0.25, 0.3) is 0 Å². The number of hydrogen-bond donors (Lipinski definition) is 1. The van der Waals surface area contributed by atoms with Gasteiger partial charge >= 0.3 is 0 Å². The molecule has 5 nitrogen and oxygen atoms in total. The van der Waals surface area contributed by atoms with Crippen molar-refractivity contribution in [1.29, 1.82) is 0 Å². The maximum Gasteiger partial charge on any atom is 0.224 e. The van der Waals surface area contributed by atoms with Crippen LogP contribution >= 0.6 is 11.6 Å². The van der Waals surface area contributed by atoms with Gasteiger partial charge in [-0.2, -0.15) is 0 Å². The monoisotopic (exact) mass is 388 g/mol.